The number of fused-ring (bicyclic) bond motifs is 1. The smallest absolute Gasteiger partial charge is 0.245 e. The van der Waals surface area contributed by atoms with Gasteiger partial charge in [-0.25, -0.2) is 8.42 Å². The van der Waals surface area contributed by atoms with Gasteiger partial charge in [-0.05, 0) is 24.6 Å². The molecule has 1 aromatic heterocycles. The maximum Gasteiger partial charge on any atom is 0.245 e. The topological polar surface area (TPSA) is 88.4 Å². The van der Waals surface area contributed by atoms with E-state index in [1.54, 1.807) is 18.2 Å². The Morgan fingerprint density at radius 1 is 1.48 bits per heavy atom. The standard InChI is InChI=1S/C14H19N3O3S/c1-2-11-9-17(5-6-20-11)21(18,19)14-8-16-13-7-10(15)3-4-12(13)14/h3-4,7-8,11,16H,2,5-6,9,15H2,1H3. The van der Waals surface area contributed by atoms with Gasteiger partial charge in [0.15, 0.2) is 0 Å². The van der Waals surface area contributed by atoms with Gasteiger partial charge in [0.2, 0.25) is 10.0 Å². The Balaban J connectivity index is 2.00. The van der Waals surface area contributed by atoms with E-state index < -0.39 is 10.0 Å². The number of hydrogen-bond acceptors (Lipinski definition) is 4. The van der Waals surface area contributed by atoms with Gasteiger partial charge in [0, 0.05) is 35.9 Å². The van der Waals surface area contributed by atoms with Gasteiger partial charge in [0.25, 0.3) is 0 Å². The molecule has 1 saturated heterocycles. The van der Waals surface area contributed by atoms with Crippen LogP contribution in [0.2, 0.25) is 0 Å². The van der Waals surface area contributed by atoms with Gasteiger partial charge in [-0.15, -0.1) is 0 Å². The van der Waals surface area contributed by atoms with E-state index in [-0.39, 0.29) is 6.10 Å². The summed E-state index contributed by atoms with van der Waals surface area (Å²) in [7, 11) is -3.52. The molecule has 0 aliphatic carbocycles. The van der Waals surface area contributed by atoms with Crippen molar-refractivity contribution < 1.29 is 13.2 Å². The van der Waals surface area contributed by atoms with Crippen molar-refractivity contribution in [3.63, 3.8) is 0 Å². The van der Waals surface area contributed by atoms with Gasteiger partial charge in [-0.1, -0.05) is 6.92 Å². The fourth-order valence-corrected chi connectivity index (χ4v) is 4.25. The van der Waals surface area contributed by atoms with Crippen LogP contribution in [0.4, 0.5) is 5.69 Å². The second-order valence-corrected chi connectivity index (χ2v) is 7.13. The lowest BCUT2D eigenvalue weighted by atomic mass is 10.2. The number of nitrogen functional groups attached to an aromatic ring is 1. The van der Waals surface area contributed by atoms with E-state index in [1.165, 1.54) is 10.5 Å². The molecule has 0 radical (unpaired) electrons. The molecule has 0 bridgehead atoms. The van der Waals surface area contributed by atoms with Crippen molar-refractivity contribution in [2.75, 3.05) is 25.4 Å². The molecule has 1 unspecified atom stereocenters. The summed E-state index contributed by atoms with van der Waals surface area (Å²) < 4.78 is 32.7. The van der Waals surface area contributed by atoms with Crippen LogP contribution >= 0.6 is 0 Å². The van der Waals surface area contributed by atoms with E-state index in [0.29, 0.717) is 35.7 Å². The Labute approximate surface area is 123 Å². The lowest BCUT2D eigenvalue weighted by Crippen LogP contribution is -2.45. The summed E-state index contributed by atoms with van der Waals surface area (Å²) in [6, 6.07) is 5.19. The van der Waals surface area contributed by atoms with Crippen molar-refractivity contribution >= 4 is 26.6 Å². The summed E-state index contributed by atoms with van der Waals surface area (Å²) >= 11 is 0. The molecule has 114 valence electrons. The molecule has 1 fully saturated rings. The van der Waals surface area contributed by atoms with E-state index in [9.17, 15) is 8.42 Å². The van der Waals surface area contributed by atoms with Crippen LogP contribution in [0, 0.1) is 0 Å². The third kappa shape index (κ3) is 2.52. The predicted octanol–water partition coefficient (Wildman–Crippen LogP) is 1.55. The largest absolute Gasteiger partial charge is 0.399 e. The molecule has 3 rings (SSSR count). The van der Waals surface area contributed by atoms with Gasteiger partial charge in [0.05, 0.1) is 12.7 Å². The highest BCUT2D eigenvalue weighted by Crippen LogP contribution is 2.28. The summed E-state index contributed by atoms with van der Waals surface area (Å²) in [5.74, 6) is 0. The normalized spacial score (nSPS) is 20.9. The van der Waals surface area contributed by atoms with Crippen molar-refractivity contribution in [3.05, 3.63) is 24.4 Å². The number of aromatic amines is 1. The Bertz CT molecular complexity index is 754. The number of H-pyrrole nitrogens is 1. The minimum Gasteiger partial charge on any atom is -0.399 e. The van der Waals surface area contributed by atoms with E-state index >= 15 is 0 Å². The number of ether oxygens (including phenoxy) is 1. The van der Waals surface area contributed by atoms with Crippen molar-refractivity contribution in [1.82, 2.24) is 9.29 Å². The highest BCUT2D eigenvalue weighted by Gasteiger charge is 2.31. The first kappa shape index (κ1) is 14.4. The zero-order valence-electron chi connectivity index (χ0n) is 11.9. The number of nitrogens with zero attached hydrogens (tertiary/aromatic N) is 1. The molecule has 0 saturated carbocycles. The fourth-order valence-electron chi connectivity index (χ4n) is 2.63. The van der Waals surface area contributed by atoms with Crippen LogP contribution in [0.5, 0.6) is 0 Å². The Hall–Kier alpha value is -1.57. The first-order valence-electron chi connectivity index (χ1n) is 7.00. The minimum absolute atomic E-state index is 0.0330. The van der Waals surface area contributed by atoms with E-state index in [2.05, 4.69) is 4.98 Å². The van der Waals surface area contributed by atoms with Crippen LogP contribution in [-0.4, -0.2) is 43.5 Å². The molecule has 0 amide bonds. The number of aromatic nitrogens is 1. The predicted molar refractivity (Wildman–Crippen MR) is 81.5 cm³/mol. The molecule has 6 nitrogen and oxygen atoms in total. The number of hydrogen-bond donors (Lipinski definition) is 2. The average Bonchev–Trinajstić information content (AvgIpc) is 2.91. The molecular formula is C14H19N3O3S. The zero-order valence-corrected chi connectivity index (χ0v) is 12.7. The van der Waals surface area contributed by atoms with Crippen molar-refractivity contribution in [3.8, 4) is 0 Å². The van der Waals surface area contributed by atoms with Crippen LogP contribution in [0.25, 0.3) is 10.9 Å². The van der Waals surface area contributed by atoms with Gasteiger partial charge in [-0.3, -0.25) is 0 Å². The third-order valence-corrected chi connectivity index (χ3v) is 5.75. The number of nitrogens with two attached hydrogens (primary N) is 1. The van der Waals surface area contributed by atoms with Crippen LogP contribution in [0.15, 0.2) is 29.3 Å². The van der Waals surface area contributed by atoms with Gasteiger partial charge in [-0.2, -0.15) is 4.31 Å². The van der Waals surface area contributed by atoms with Gasteiger partial charge in [0.1, 0.15) is 4.90 Å². The molecule has 3 N–H and O–H groups in total. The van der Waals surface area contributed by atoms with Crippen LogP contribution in [0.1, 0.15) is 13.3 Å². The molecule has 2 aromatic rings. The first-order chi connectivity index (χ1) is 10.0. The Morgan fingerprint density at radius 2 is 2.29 bits per heavy atom. The molecule has 2 heterocycles. The summed E-state index contributed by atoms with van der Waals surface area (Å²) in [6.45, 7) is 3.23. The molecular weight excluding hydrogens is 290 g/mol. The third-order valence-electron chi connectivity index (χ3n) is 3.84. The second-order valence-electron chi connectivity index (χ2n) is 5.22. The SMILES string of the molecule is CCC1CN(S(=O)(=O)c2c[nH]c3cc(N)ccc23)CCO1. The van der Waals surface area contributed by atoms with Crippen LogP contribution in [-0.2, 0) is 14.8 Å². The molecule has 1 aliphatic rings. The van der Waals surface area contributed by atoms with E-state index in [0.717, 1.165) is 11.9 Å². The van der Waals surface area contributed by atoms with Gasteiger partial charge >= 0.3 is 0 Å². The Morgan fingerprint density at radius 3 is 3.05 bits per heavy atom. The van der Waals surface area contributed by atoms with Crippen molar-refractivity contribution in [2.24, 2.45) is 0 Å². The average molecular weight is 309 g/mol. The second kappa shape index (κ2) is 5.32. The molecule has 1 atom stereocenters. The molecule has 7 heteroatoms. The summed E-state index contributed by atoms with van der Waals surface area (Å²) in [4.78, 5) is 3.28. The number of nitrogens with one attached hydrogen (secondary N) is 1. The van der Waals surface area contributed by atoms with Crippen molar-refractivity contribution in [1.29, 1.82) is 0 Å². The fraction of sp³-hybridized carbons (Fsp3) is 0.429. The quantitative estimate of drug-likeness (QED) is 0.842. The van der Waals surface area contributed by atoms with Crippen LogP contribution in [0.3, 0.4) is 0 Å². The summed E-state index contributed by atoms with van der Waals surface area (Å²) in [5, 5.41) is 0.670. The molecule has 1 aromatic carbocycles. The van der Waals surface area contributed by atoms with E-state index in [1.807, 2.05) is 6.92 Å². The molecule has 1 aliphatic heterocycles. The first-order valence-corrected chi connectivity index (χ1v) is 8.44. The maximum absolute atomic E-state index is 12.8. The monoisotopic (exact) mass is 309 g/mol. The van der Waals surface area contributed by atoms with Gasteiger partial charge < -0.3 is 15.5 Å². The summed E-state index contributed by atoms with van der Waals surface area (Å²) in [6.07, 6.45) is 2.31. The van der Waals surface area contributed by atoms with E-state index in [4.69, 9.17) is 10.5 Å². The maximum atomic E-state index is 12.8. The number of rotatable bonds is 3. The number of anilines is 1. The minimum atomic E-state index is -3.52. The lowest BCUT2D eigenvalue weighted by Gasteiger charge is -2.31. The number of morpholine rings is 1. The number of benzene rings is 1. The molecule has 0 spiro atoms. The molecule has 21 heavy (non-hydrogen) atoms. The van der Waals surface area contributed by atoms with Crippen LogP contribution < -0.4 is 5.73 Å². The highest BCUT2D eigenvalue weighted by molar-refractivity contribution is 7.89. The number of sulfonamides is 1. The van der Waals surface area contributed by atoms with Crippen molar-refractivity contribution in [2.45, 2.75) is 24.3 Å². The Kier molecular flexibility index (Phi) is 3.64. The lowest BCUT2D eigenvalue weighted by molar-refractivity contribution is -0.00275. The highest BCUT2D eigenvalue weighted by atomic mass is 32.2. The zero-order chi connectivity index (χ0) is 15.0. The summed E-state index contributed by atoms with van der Waals surface area (Å²) in [5.41, 5.74) is 7.06.